The van der Waals surface area contributed by atoms with Crippen molar-refractivity contribution in [3.63, 3.8) is 0 Å². The summed E-state index contributed by atoms with van der Waals surface area (Å²) in [5, 5.41) is 3.56. The highest BCUT2D eigenvalue weighted by atomic mass is 16.5. The van der Waals surface area contributed by atoms with Crippen LogP contribution in [0.1, 0.15) is 74.8 Å². The van der Waals surface area contributed by atoms with Crippen molar-refractivity contribution in [2.24, 2.45) is 0 Å². The Bertz CT molecular complexity index is 880. The zero-order valence-corrected chi connectivity index (χ0v) is 18.1. The highest BCUT2D eigenvalue weighted by Crippen LogP contribution is 2.37. The van der Waals surface area contributed by atoms with Crippen LogP contribution in [0.2, 0.25) is 0 Å². The van der Waals surface area contributed by atoms with Crippen LogP contribution in [0.3, 0.4) is 0 Å². The fraction of sp³-hybridized carbons (Fsp3) is 0.583. The molecule has 30 heavy (non-hydrogen) atoms. The molecule has 0 bridgehead atoms. The van der Waals surface area contributed by atoms with Crippen LogP contribution in [-0.2, 0) is 16.1 Å². The lowest BCUT2D eigenvalue weighted by Crippen LogP contribution is -2.42. The van der Waals surface area contributed by atoms with Gasteiger partial charge in [-0.05, 0) is 50.3 Å². The van der Waals surface area contributed by atoms with E-state index in [1.807, 2.05) is 0 Å². The van der Waals surface area contributed by atoms with Crippen LogP contribution in [0.25, 0.3) is 0 Å². The van der Waals surface area contributed by atoms with Crippen molar-refractivity contribution in [2.75, 3.05) is 29.9 Å². The second kappa shape index (κ2) is 8.52. The van der Waals surface area contributed by atoms with Gasteiger partial charge in [0.2, 0.25) is 5.95 Å². The van der Waals surface area contributed by atoms with Crippen molar-refractivity contribution in [3.05, 3.63) is 41.1 Å². The number of hydrogen-bond acceptors (Lipinski definition) is 6. The maximum absolute atomic E-state index is 5.88. The lowest BCUT2D eigenvalue weighted by Gasteiger charge is -2.31. The molecular weight excluding hydrogens is 376 g/mol. The summed E-state index contributed by atoms with van der Waals surface area (Å²) in [5.41, 5.74) is 4.61. The smallest absolute Gasteiger partial charge is 0.227 e. The number of rotatable bonds is 4. The number of nitrogens with zero attached hydrogens (tertiary/aromatic N) is 3. The molecule has 1 aromatic carbocycles. The normalized spacial score (nSPS) is 24.7. The Balaban J connectivity index is 1.40. The van der Waals surface area contributed by atoms with Gasteiger partial charge in [0.15, 0.2) is 0 Å². The number of fused-ring (bicyclic) bond motifs is 1. The highest BCUT2D eigenvalue weighted by Gasteiger charge is 2.29. The van der Waals surface area contributed by atoms with Gasteiger partial charge in [-0.2, -0.15) is 4.98 Å². The summed E-state index contributed by atoms with van der Waals surface area (Å²) in [6.07, 6.45) is 6.94. The summed E-state index contributed by atoms with van der Waals surface area (Å²) >= 11 is 0. The van der Waals surface area contributed by atoms with Gasteiger partial charge < -0.3 is 19.7 Å². The topological polar surface area (TPSA) is 59.5 Å². The van der Waals surface area contributed by atoms with E-state index in [9.17, 15) is 0 Å². The van der Waals surface area contributed by atoms with Gasteiger partial charge in [-0.1, -0.05) is 31.4 Å². The first-order valence-corrected chi connectivity index (χ1v) is 11.4. The van der Waals surface area contributed by atoms with Crippen molar-refractivity contribution in [1.29, 1.82) is 0 Å². The van der Waals surface area contributed by atoms with Crippen LogP contribution in [0.4, 0.5) is 17.5 Å². The molecule has 160 valence electrons. The SMILES string of the molecule is CC1OCc2c(Nc3ccc(C4CCCCC4)cc3)nc(N3CCO[C@H](C)C3)nc21. The zero-order chi connectivity index (χ0) is 20.5. The van der Waals surface area contributed by atoms with Crippen molar-refractivity contribution in [2.45, 2.75) is 70.7 Å². The number of benzene rings is 1. The Kier molecular flexibility index (Phi) is 5.61. The third-order valence-electron chi connectivity index (χ3n) is 6.66. The predicted molar refractivity (Wildman–Crippen MR) is 118 cm³/mol. The number of nitrogens with one attached hydrogen (secondary N) is 1. The Labute approximate surface area is 179 Å². The molecule has 3 aliphatic rings. The molecule has 2 aromatic rings. The molecule has 1 saturated heterocycles. The number of aromatic nitrogens is 2. The van der Waals surface area contributed by atoms with Crippen molar-refractivity contribution >= 4 is 17.5 Å². The molecule has 6 nitrogen and oxygen atoms in total. The highest BCUT2D eigenvalue weighted by molar-refractivity contribution is 5.63. The minimum atomic E-state index is -0.00515. The van der Waals surface area contributed by atoms with Crippen LogP contribution >= 0.6 is 0 Å². The van der Waals surface area contributed by atoms with E-state index in [0.29, 0.717) is 13.2 Å². The summed E-state index contributed by atoms with van der Waals surface area (Å²) in [7, 11) is 0. The molecule has 1 unspecified atom stereocenters. The second-order valence-electron chi connectivity index (χ2n) is 8.90. The first-order chi connectivity index (χ1) is 14.7. The van der Waals surface area contributed by atoms with E-state index in [4.69, 9.17) is 19.4 Å². The number of hydrogen-bond donors (Lipinski definition) is 1. The zero-order valence-electron chi connectivity index (χ0n) is 18.1. The lowest BCUT2D eigenvalue weighted by molar-refractivity contribution is 0.0525. The Morgan fingerprint density at radius 3 is 2.57 bits per heavy atom. The molecule has 5 rings (SSSR count). The van der Waals surface area contributed by atoms with E-state index in [1.54, 1.807) is 0 Å². The number of anilines is 3. The van der Waals surface area contributed by atoms with Gasteiger partial charge in [0.1, 0.15) is 5.82 Å². The maximum atomic E-state index is 5.88. The Morgan fingerprint density at radius 1 is 1.00 bits per heavy atom. The summed E-state index contributed by atoms with van der Waals surface area (Å²) in [5.74, 6) is 2.35. The third-order valence-corrected chi connectivity index (χ3v) is 6.66. The summed E-state index contributed by atoms with van der Waals surface area (Å²) < 4.78 is 11.6. The van der Waals surface area contributed by atoms with Crippen molar-refractivity contribution in [3.8, 4) is 0 Å². The average molecular weight is 409 g/mol. The van der Waals surface area contributed by atoms with E-state index >= 15 is 0 Å². The quantitative estimate of drug-likeness (QED) is 0.761. The van der Waals surface area contributed by atoms with Gasteiger partial charge in [-0.15, -0.1) is 0 Å². The van der Waals surface area contributed by atoms with Gasteiger partial charge in [-0.3, -0.25) is 0 Å². The average Bonchev–Trinajstić information content (AvgIpc) is 3.16. The van der Waals surface area contributed by atoms with E-state index in [2.05, 4.69) is 48.3 Å². The van der Waals surface area contributed by atoms with Crippen LogP contribution in [0, 0.1) is 0 Å². The fourth-order valence-electron chi connectivity index (χ4n) is 4.91. The summed E-state index contributed by atoms with van der Waals surface area (Å²) in [4.78, 5) is 12.0. The standard InChI is InChI=1S/C24H32N4O2/c1-16-14-28(12-13-29-16)24-26-22-17(2)30-15-21(22)23(27-24)25-20-10-8-19(9-11-20)18-6-4-3-5-7-18/h8-11,16-18H,3-7,12-15H2,1-2H3,(H,25,26,27)/t16-,17?/m1/s1. The molecule has 2 atom stereocenters. The molecule has 6 heteroatoms. The summed E-state index contributed by atoms with van der Waals surface area (Å²) in [6, 6.07) is 8.94. The Morgan fingerprint density at radius 2 is 1.80 bits per heavy atom. The minimum absolute atomic E-state index is 0.00515. The van der Waals surface area contributed by atoms with Crippen LogP contribution in [-0.4, -0.2) is 35.8 Å². The largest absolute Gasteiger partial charge is 0.375 e. The lowest BCUT2D eigenvalue weighted by atomic mass is 9.84. The molecule has 1 aliphatic carbocycles. The van der Waals surface area contributed by atoms with Crippen molar-refractivity contribution in [1.82, 2.24) is 9.97 Å². The van der Waals surface area contributed by atoms with Gasteiger partial charge in [0.05, 0.1) is 31.1 Å². The van der Waals surface area contributed by atoms with Gasteiger partial charge in [0.25, 0.3) is 0 Å². The van der Waals surface area contributed by atoms with E-state index in [0.717, 1.165) is 47.7 Å². The molecule has 1 saturated carbocycles. The summed E-state index contributed by atoms with van der Waals surface area (Å²) in [6.45, 7) is 7.04. The van der Waals surface area contributed by atoms with Gasteiger partial charge >= 0.3 is 0 Å². The van der Waals surface area contributed by atoms with E-state index in [-0.39, 0.29) is 12.2 Å². The van der Waals surface area contributed by atoms with Gasteiger partial charge in [-0.25, -0.2) is 4.98 Å². The van der Waals surface area contributed by atoms with Crippen molar-refractivity contribution < 1.29 is 9.47 Å². The first kappa shape index (κ1) is 19.8. The predicted octanol–water partition coefficient (Wildman–Crippen LogP) is 5.08. The number of ether oxygens (including phenoxy) is 2. The van der Waals surface area contributed by atoms with E-state index < -0.39 is 0 Å². The second-order valence-corrected chi connectivity index (χ2v) is 8.90. The molecule has 0 amide bonds. The molecule has 1 N–H and O–H groups in total. The number of morpholine rings is 1. The molecule has 3 heterocycles. The Hall–Kier alpha value is -2.18. The van der Waals surface area contributed by atoms with E-state index in [1.165, 1.54) is 37.7 Å². The van der Waals surface area contributed by atoms with Crippen LogP contribution in [0.5, 0.6) is 0 Å². The molecule has 0 spiro atoms. The minimum Gasteiger partial charge on any atom is -0.375 e. The third kappa shape index (κ3) is 4.03. The van der Waals surface area contributed by atoms with Crippen LogP contribution in [0.15, 0.2) is 24.3 Å². The first-order valence-electron chi connectivity index (χ1n) is 11.4. The monoisotopic (exact) mass is 408 g/mol. The van der Waals surface area contributed by atoms with Crippen LogP contribution < -0.4 is 10.2 Å². The molecular formula is C24H32N4O2. The maximum Gasteiger partial charge on any atom is 0.227 e. The molecule has 1 aromatic heterocycles. The fourth-order valence-corrected chi connectivity index (χ4v) is 4.91. The molecule has 2 aliphatic heterocycles. The van der Waals surface area contributed by atoms with Gasteiger partial charge in [0, 0.05) is 24.3 Å². The molecule has 2 fully saturated rings. The molecule has 0 radical (unpaired) electrons.